The van der Waals surface area contributed by atoms with Gasteiger partial charge in [0.1, 0.15) is 5.69 Å². The molecule has 0 aliphatic heterocycles. The number of aromatic nitrogens is 1. The standard InChI is InChI=1S/C13H18N2O3/c16-10-4-1-3-9(7-10)8-14-13(18)11-5-2-6-12(17)15-11/h2,5-6,9-10,16H,1,3-4,7-8H2,(H,14,18)(H,15,17). The molecule has 0 aromatic carbocycles. The van der Waals surface area contributed by atoms with E-state index < -0.39 is 0 Å². The predicted molar refractivity (Wildman–Crippen MR) is 67.4 cm³/mol. The minimum absolute atomic E-state index is 0.239. The SMILES string of the molecule is O=C(NCC1CCCC(O)C1)c1cccc(=O)[nH]1. The molecule has 3 N–H and O–H groups in total. The van der Waals surface area contributed by atoms with Crippen molar-refractivity contribution in [2.24, 2.45) is 5.92 Å². The Morgan fingerprint density at radius 1 is 1.44 bits per heavy atom. The van der Waals surface area contributed by atoms with E-state index in [2.05, 4.69) is 10.3 Å². The quantitative estimate of drug-likeness (QED) is 0.737. The van der Waals surface area contributed by atoms with Gasteiger partial charge in [0.25, 0.3) is 5.91 Å². The van der Waals surface area contributed by atoms with Crippen molar-refractivity contribution >= 4 is 5.91 Å². The highest BCUT2D eigenvalue weighted by Crippen LogP contribution is 2.23. The molecule has 18 heavy (non-hydrogen) atoms. The van der Waals surface area contributed by atoms with E-state index >= 15 is 0 Å². The normalized spacial score (nSPS) is 23.6. The smallest absolute Gasteiger partial charge is 0.267 e. The van der Waals surface area contributed by atoms with Crippen LogP contribution < -0.4 is 10.9 Å². The first-order chi connectivity index (χ1) is 8.65. The first kappa shape index (κ1) is 12.8. The molecule has 2 atom stereocenters. The van der Waals surface area contributed by atoms with Gasteiger partial charge in [-0.3, -0.25) is 9.59 Å². The summed E-state index contributed by atoms with van der Waals surface area (Å²) in [5, 5.41) is 12.3. The van der Waals surface area contributed by atoms with Gasteiger partial charge >= 0.3 is 0 Å². The van der Waals surface area contributed by atoms with Crippen LogP contribution >= 0.6 is 0 Å². The zero-order chi connectivity index (χ0) is 13.0. The van der Waals surface area contributed by atoms with E-state index in [4.69, 9.17) is 0 Å². The molecule has 5 heteroatoms. The Kier molecular flexibility index (Phi) is 4.15. The Labute approximate surface area is 105 Å². The molecule has 0 radical (unpaired) electrons. The average molecular weight is 250 g/mol. The molecule has 1 aliphatic rings. The molecule has 98 valence electrons. The van der Waals surface area contributed by atoms with Crippen LogP contribution in [0.1, 0.15) is 36.2 Å². The summed E-state index contributed by atoms with van der Waals surface area (Å²) in [6, 6.07) is 4.50. The van der Waals surface area contributed by atoms with Gasteiger partial charge < -0.3 is 15.4 Å². The molecule has 5 nitrogen and oxygen atoms in total. The molecule has 0 spiro atoms. The van der Waals surface area contributed by atoms with E-state index in [9.17, 15) is 14.7 Å². The van der Waals surface area contributed by atoms with Crippen molar-refractivity contribution in [1.82, 2.24) is 10.3 Å². The Balaban J connectivity index is 1.86. The van der Waals surface area contributed by atoms with Crippen molar-refractivity contribution in [3.63, 3.8) is 0 Å². The third-order valence-corrected chi connectivity index (χ3v) is 3.32. The second kappa shape index (κ2) is 5.82. The molecular formula is C13H18N2O3. The number of hydrogen-bond donors (Lipinski definition) is 3. The third kappa shape index (κ3) is 3.43. The minimum atomic E-state index is -0.282. The number of aromatic amines is 1. The molecule has 2 unspecified atom stereocenters. The number of rotatable bonds is 3. The molecule has 0 saturated heterocycles. The number of pyridine rings is 1. The van der Waals surface area contributed by atoms with Gasteiger partial charge in [0.15, 0.2) is 0 Å². The first-order valence-corrected chi connectivity index (χ1v) is 6.31. The summed E-state index contributed by atoms with van der Waals surface area (Å²) in [6.45, 7) is 0.548. The lowest BCUT2D eigenvalue weighted by Crippen LogP contribution is -2.33. The maximum atomic E-state index is 11.8. The zero-order valence-corrected chi connectivity index (χ0v) is 10.2. The topological polar surface area (TPSA) is 82.2 Å². The summed E-state index contributed by atoms with van der Waals surface area (Å²) in [4.78, 5) is 25.3. The molecule has 2 rings (SSSR count). The van der Waals surface area contributed by atoms with Gasteiger partial charge in [-0.1, -0.05) is 12.5 Å². The molecule has 1 amide bonds. The summed E-state index contributed by atoms with van der Waals surface area (Å²) in [5.74, 6) is 0.0564. The Bertz CT molecular complexity index is 469. The maximum absolute atomic E-state index is 11.8. The second-order valence-corrected chi connectivity index (χ2v) is 4.83. The lowest BCUT2D eigenvalue weighted by atomic mass is 9.87. The summed E-state index contributed by atoms with van der Waals surface area (Å²) in [6.07, 6.45) is 3.39. The molecule has 1 aromatic heterocycles. The van der Waals surface area contributed by atoms with Crippen molar-refractivity contribution < 1.29 is 9.90 Å². The number of aliphatic hydroxyl groups is 1. The summed E-state index contributed by atoms with van der Waals surface area (Å²) in [7, 11) is 0. The molecule has 1 saturated carbocycles. The van der Waals surface area contributed by atoms with Crippen molar-refractivity contribution in [2.45, 2.75) is 31.8 Å². The van der Waals surface area contributed by atoms with Crippen LogP contribution in [0.4, 0.5) is 0 Å². The van der Waals surface area contributed by atoms with Crippen LogP contribution in [-0.4, -0.2) is 28.6 Å². The number of H-pyrrole nitrogens is 1. The predicted octanol–water partition coefficient (Wildman–Crippen LogP) is 0.656. The van der Waals surface area contributed by atoms with Crippen LogP contribution in [0.5, 0.6) is 0 Å². The van der Waals surface area contributed by atoms with E-state index in [1.165, 1.54) is 6.07 Å². The Morgan fingerprint density at radius 2 is 2.28 bits per heavy atom. The van der Waals surface area contributed by atoms with Crippen LogP contribution in [0.25, 0.3) is 0 Å². The number of aliphatic hydroxyl groups excluding tert-OH is 1. The molecule has 0 bridgehead atoms. The van der Waals surface area contributed by atoms with Gasteiger partial charge in [-0.05, 0) is 31.2 Å². The fourth-order valence-electron chi connectivity index (χ4n) is 2.36. The fourth-order valence-corrected chi connectivity index (χ4v) is 2.36. The maximum Gasteiger partial charge on any atom is 0.267 e. The van der Waals surface area contributed by atoms with E-state index in [1.807, 2.05) is 0 Å². The van der Waals surface area contributed by atoms with Gasteiger partial charge in [-0.15, -0.1) is 0 Å². The molecule has 1 heterocycles. The fraction of sp³-hybridized carbons (Fsp3) is 0.538. The zero-order valence-electron chi connectivity index (χ0n) is 10.2. The van der Waals surface area contributed by atoms with Gasteiger partial charge in [0.05, 0.1) is 6.10 Å². The molecule has 1 aromatic rings. The number of carbonyl (C=O) groups is 1. The highest BCUT2D eigenvalue weighted by atomic mass is 16.3. The second-order valence-electron chi connectivity index (χ2n) is 4.83. The van der Waals surface area contributed by atoms with Crippen molar-refractivity contribution in [2.75, 3.05) is 6.54 Å². The first-order valence-electron chi connectivity index (χ1n) is 6.31. The Hall–Kier alpha value is -1.62. The number of carbonyl (C=O) groups excluding carboxylic acids is 1. The molecule has 1 aliphatic carbocycles. The number of hydrogen-bond acceptors (Lipinski definition) is 3. The third-order valence-electron chi connectivity index (χ3n) is 3.32. The summed E-state index contributed by atoms with van der Waals surface area (Å²) in [5.41, 5.74) is -0.00500. The van der Waals surface area contributed by atoms with Crippen LogP contribution in [0.15, 0.2) is 23.0 Å². The summed E-state index contributed by atoms with van der Waals surface area (Å²) < 4.78 is 0. The largest absolute Gasteiger partial charge is 0.393 e. The van der Waals surface area contributed by atoms with Crippen LogP contribution in [0, 0.1) is 5.92 Å². The van der Waals surface area contributed by atoms with Gasteiger partial charge in [-0.25, -0.2) is 0 Å². The highest BCUT2D eigenvalue weighted by molar-refractivity contribution is 5.92. The van der Waals surface area contributed by atoms with Crippen molar-refractivity contribution in [3.05, 3.63) is 34.2 Å². The highest BCUT2D eigenvalue weighted by Gasteiger charge is 2.20. The van der Waals surface area contributed by atoms with Crippen LogP contribution in [0.3, 0.4) is 0 Å². The lowest BCUT2D eigenvalue weighted by molar-refractivity contribution is 0.0870. The monoisotopic (exact) mass is 250 g/mol. The van der Waals surface area contributed by atoms with E-state index in [0.29, 0.717) is 12.5 Å². The van der Waals surface area contributed by atoms with Gasteiger partial charge in [0.2, 0.25) is 5.56 Å². The van der Waals surface area contributed by atoms with Crippen LogP contribution in [0.2, 0.25) is 0 Å². The number of amides is 1. The average Bonchev–Trinajstić information content (AvgIpc) is 2.36. The van der Waals surface area contributed by atoms with E-state index in [0.717, 1.165) is 25.7 Å². The van der Waals surface area contributed by atoms with Crippen molar-refractivity contribution in [1.29, 1.82) is 0 Å². The number of nitrogens with one attached hydrogen (secondary N) is 2. The molecular weight excluding hydrogens is 232 g/mol. The van der Waals surface area contributed by atoms with Crippen molar-refractivity contribution in [3.8, 4) is 0 Å². The van der Waals surface area contributed by atoms with Gasteiger partial charge in [-0.2, -0.15) is 0 Å². The Morgan fingerprint density at radius 3 is 3.00 bits per heavy atom. The van der Waals surface area contributed by atoms with Crippen LogP contribution in [-0.2, 0) is 0 Å². The lowest BCUT2D eigenvalue weighted by Gasteiger charge is -2.25. The van der Waals surface area contributed by atoms with E-state index in [1.54, 1.807) is 12.1 Å². The van der Waals surface area contributed by atoms with E-state index in [-0.39, 0.29) is 23.3 Å². The molecule has 1 fully saturated rings. The van der Waals surface area contributed by atoms with Gasteiger partial charge in [0, 0.05) is 12.6 Å². The minimum Gasteiger partial charge on any atom is -0.393 e. The summed E-state index contributed by atoms with van der Waals surface area (Å²) >= 11 is 0.